The highest BCUT2D eigenvalue weighted by Gasteiger charge is 2.22. The van der Waals surface area contributed by atoms with Gasteiger partial charge in [-0.05, 0) is 31.0 Å². The number of pyridine rings is 1. The van der Waals surface area contributed by atoms with Gasteiger partial charge in [0.15, 0.2) is 11.6 Å². The minimum atomic E-state index is -0.439. The molecule has 0 aliphatic carbocycles. The highest BCUT2D eigenvalue weighted by Crippen LogP contribution is 2.26. The predicted octanol–water partition coefficient (Wildman–Crippen LogP) is 2.61. The molecule has 1 fully saturated rings. The molecule has 2 aromatic heterocycles. The maximum absolute atomic E-state index is 14.1. The van der Waals surface area contributed by atoms with Gasteiger partial charge in [-0.15, -0.1) is 0 Å². The summed E-state index contributed by atoms with van der Waals surface area (Å²) < 4.78 is 14.1. The Bertz CT molecular complexity index is 1070. The molecule has 7 nitrogen and oxygen atoms in total. The van der Waals surface area contributed by atoms with Crippen LogP contribution in [0.3, 0.4) is 0 Å². The zero-order valence-electron chi connectivity index (χ0n) is 16.5. The van der Waals surface area contributed by atoms with Crippen LogP contribution in [0.2, 0.25) is 0 Å². The lowest BCUT2D eigenvalue weighted by Gasteiger charge is -2.33. The molecule has 0 radical (unpaired) electrons. The maximum Gasteiger partial charge on any atom is 0.189 e. The van der Waals surface area contributed by atoms with E-state index in [1.807, 2.05) is 6.07 Å². The quantitative estimate of drug-likeness (QED) is 0.627. The molecule has 1 aliphatic rings. The molecule has 30 heavy (non-hydrogen) atoms. The minimum absolute atomic E-state index is 0.0190. The number of benzene rings is 1. The first-order valence-corrected chi connectivity index (χ1v) is 9.87. The van der Waals surface area contributed by atoms with E-state index in [0.29, 0.717) is 0 Å². The molecule has 1 atom stereocenters. The molecule has 1 unspecified atom stereocenters. The second-order valence-corrected chi connectivity index (χ2v) is 7.42. The van der Waals surface area contributed by atoms with Crippen molar-refractivity contribution in [2.75, 3.05) is 23.7 Å². The van der Waals surface area contributed by atoms with Crippen molar-refractivity contribution in [2.24, 2.45) is 5.73 Å². The Hall–Kier alpha value is -3.39. The van der Waals surface area contributed by atoms with Crippen LogP contribution in [0.5, 0.6) is 0 Å². The number of piperidine rings is 1. The normalized spacial score (nSPS) is 16.5. The lowest BCUT2D eigenvalue weighted by molar-refractivity contribution is 0.0989. The van der Waals surface area contributed by atoms with Gasteiger partial charge < -0.3 is 16.4 Å². The van der Waals surface area contributed by atoms with Gasteiger partial charge in [0.05, 0.1) is 11.9 Å². The van der Waals surface area contributed by atoms with Gasteiger partial charge in [-0.3, -0.25) is 9.78 Å². The molecule has 3 heterocycles. The van der Waals surface area contributed by atoms with Gasteiger partial charge in [0.25, 0.3) is 0 Å². The number of carbonyl (C=O) groups excluding carboxylic acids is 1. The van der Waals surface area contributed by atoms with Crippen LogP contribution < -0.4 is 16.4 Å². The first kappa shape index (κ1) is 19.9. The van der Waals surface area contributed by atoms with E-state index < -0.39 is 5.82 Å². The van der Waals surface area contributed by atoms with Gasteiger partial charge in [-0.1, -0.05) is 12.1 Å². The second kappa shape index (κ2) is 8.54. The van der Waals surface area contributed by atoms with Gasteiger partial charge in [-0.25, -0.2) is 14.4 Å². The van der Waals surface area contributed by atoms with Crippen LogP contribution >= 0.6 is 0 Å². The lowest BCUT2D eigenvalue weighted by atomic mass is 10.0. The number of ketones is 1. The Morgan fingerprint density at radius 2 is 2.07 bits per heavy atom. The highest BCUT2D eigenvalue weighted by atomic mass is 19.1. The summed E-state index contributed by atoms with van der Waals surface area (Å²) in [7, 11) is 0. The van der Waals surface area contributed by atoms with Gasteiger partial charge in [0.2, 0.25) is 0 Å². The molecule has 3 aromatic rings. The number of rotatable bonds is 5. The van der Waals surface area contributed by atoms with E-state index in [1.165, 1.54) is 12.3 Å². The largest absolute Gasteiger partial charge is 0.382 e. The average molecular weight is 406 g/mol. The summed E-state index contributed by atoms with van der Waals surface area (Å²) in [6.07, 6.45) is 6.81. The first-order valence-electron chi connectivity index (χ1n) is 9.87. The Morgan fingerprint density at radius 3 is 2.87 bits per heavy atom. The fourth-order valence-corrected chi connectivity index (χ4v) is 3.75. The number of halogens is 1. The number of anilines is 2. The van der Waals surface area contributed by atoms with Crippen LogP contribution in [-0.2, 0) is 6.42 Å². The van der Waals surface area contributed by atoms with Crippen molar-refractivity contribution in [3.05, 3.63) is 66.0 Å². The molecule has 0 amide bonds. The van der Waals surface area contributed by atoms with Gasteiger partial charge in [0.1, 0.15) is 11.5 Å². The Balaban J connectivity index is 1.62. The SMILES string of the molecule is Nc1ncc(-c2ccccc2F)nc1C(=O)Cc1cnccc1N1CCCC(N)C1. The lowest BCUT2D eigenvalue weighted by Crippen LogP contribution is -2.43. The van der Waals surface area contributed by atoms with Gasteiger partial charge in [0, 0.05) is 54.8 Å². The number of nitrogens with two attached hydrogens (primary N) is 2. The molecule has 1 aliphatic heterocycles. The fraction of sp³-hybridized carbons (Fsp3) is 0.273. The van der Waals surface area contributed by atoms with Crippen LogP contribution in [0.15, 0.2) is 48.9 Å². The second-order valence-electron chi connectivity index (χ2n) is 7.42. The smallest absolute Gasteiger partial charge is 0.189 e. The molecule has 4 N–H and O–H groups in total. The summed E-state index contributed by atoms with van der Waals surface area (Å²) in [6.45, 7) is 1.61. The van der Waals surface area contributed by atoms with Crippen LogP contribution in [0, 0.1) is 5.82 Å². The van der Waals surface area contributed by atoms with Gasteiger partial charge >= 0.3 is 0 Å². The number of nitrogen functional groups attached to an aromatic ring is 1. The van der Waals surface area contributed by atoms with Crippen molar-refractivity contribution >= 4 is 17.3 Å². The first-order chi connectivity index (χ1) is 14.5. The summed E-state index contributed by atoms with van der Waals surface area (Å²) >= 11 is 0. The number of aromatic nitrogens is 3. The van der Waals surface area contributed by atoms with Crippen molar-refractivity contribution in [1.29, 1.82) is 0 Å². The molecular weight excluding hydrogens is 383 g/mol. The summed E-state index contributed by atoms with van der Waals surface area (Å²) in [6, 6.07) is 8.21. The molecule has 0 spiro atoms. The van der Waals surface area contributed by atoms with E-state index in [1.54, 1.807) is 30.6 Å². The van der Waals surface area contributed by atoms with Crippen LogP contribution in [0.25, 0.3) is 11.3 Å². The highest BCUT2D eigenvalue weighted by molar-refractivity contribution is 6.00. The summed E-state index contributed by atoms with van der Waals surface area (Å²) in [5, 5.41) is 0. The third-order valence-electron chi connectivity index (χ3n) is 5.24. The van der Waals surface area contributed by atoms with Crippen molar-refractivity contribution < 1.29 is 9.18 Å². The van der Waals surface area contributed by atoms with E-state index in [-0.39, 0.29) is 41.0 Å². The van der Waals surface area contributed by atoms with Crippen LogP contribution in [0.1, 0.15) is 28.9 Å². The summed E-state index contributed by atoms with van der Waals surface area (Å²) in [5.41, 5.74) is 14.3. The molecule has 1 aromatic carbocycles. The van der Waals surface area contributed by atoms with E-state index in [4.69, 9.17) is 11.5 Å². The topological polar surface area (TPSA) is 111 Å². The monoisotopic (exact) mass is 406 g/mol. The van der Waals surface area contributed by atoms with E-state index >= 15 is 0 Å². The van der Waals surface area contributed by atoms with Crippen molar-refractivity contribution in [3.8, 4) is 11.3 Å². The van der Waals surface area contributed by atoms with E-state index in [2.05, 4.69) is 19.9 Å². The number of nitrogens with zero attached hydrogens (tertiary/aromatic N) is 4. The Kier molecular flexibility index (Phi) is 5.67. The standard InChI is InChI=1S/C22H23FN6O/c23-17-6-2-1-5-16(17)18-12-27-22(25)21(28-18)20(30)10-14-11-26-8-7-19(14)29-9-3-4-15(24)13-29/h1-2,5-8,11-12,15H,3-4,9-10,13,24H2,(H2,25,27). The number of hydrogen-bond donors (Lipinski definition) is 2. The zero-order valence-corrected chi connectivity index (χ0v) is 16.5. The van der Waals surface area contributed by atoms with Crippen molar-refractivity contribution in [1.82, 2.24) is 15.0 Å². The third kappa shape index (κ3) is 4.13. The van der Waals surface area contributed by atoms with Crippen LogP contribution in [0.4, 0.5) is 15.9 Å². The fourth-order valence-electron chi connectivity index (χ4n) is 3.75. The molecule has 8 heteroatoms. The molecule has 154 valence electrons. The van der Waals surface area contributed by atoms with E-state index in [9.17, 15) is 9.18 Å². The van der Waals surface area contributed by atoms with Crippen molar-refractivity contribution in [2.45, 2.75) is 25.3 Å². The predicted molar refractivity (Wildman–Crippen MR) is 114 cm³/mol. The minimum Gasteiger partial charge on any atom is -0.382 e. The maximum atomic E-state index is 14.1. The Labute approximate surface area is 174 Å². The van der Waals surface area contributed by atoms with Crippen LogP contribution in [-0.4, -0.2) is 39.9 Å². The number of carbonyl (C=O) groups is 1. The number of Topliss-reactive ketones (excluding diaryl/α,β-unsaturated/α-hetero) is 1. The average Bonchev–Trinajstić information content (AvgIpc) is 2.75. The summed E-state index contributed by atoms with van der Waals surface area (Å²) in [4.78, 5) is 27.8. The molecule has 4 rings (SSSR count). The molecular formula is C22H23FN6O. The molecule has 1 saturated heterocycles. The summed E-state index contributed by atoms with van der Waals surface area (Å²) in [5.74, 6) is -0.717. The Morgan fingerprint density at radius 1 is 1.23 bits per heavy atom. The van der Waals surface area contributed by atoms with Gasteiger partial charge in [-0.2, -0.15) is 0 Å². The third-order valence-corrected chi connectivity index (χ3v) is 5.24. The zero-order chi connectivity index (χ0) is 21.1. The molecule has 0 saturated carbocycles. The molecule has 0 bridgehead atoms. The number of hydrogen-bond acceptors (Lipinski definition) is 7. The van der Waals surface area contributed by atoms with E-state index in [0.717, 1.165) is 37.2 Å². The van der Waals surface area contributed by atoms with Crippen molar-refractivity contribution in [3.63, 3.8) is 0 Å².